The number of carboxylic acids is 1. The van der Waals surface area contributed by atoms with E-state index in [2.05, 4.69) is 17.3 Å². The van der Waals surface area contributed by atoms with E-state index in [1.807, 2.05) is 0 Å². The fraction of sp³-hybridized carbons (Fsp3) is 0.533. The van der Waals surface area contributed by atoms with Gasteiger partial charge in [0.15, 0.2) is 0 Å². The minimum atomic E-state index is -0.930. The molecule has 0 heterocycles. The van der Waals surface area contributed by atoms with Crippen LogP contribution < -0.4 is 10.1 Å². The van der Waals surface area contributed by atoms with Crippen LogP contribution in [0.5, 0.6) is 5.75 Å². The monoisotopic (exact) mass is 296 g/mol. The van der Waals surface area contributed by atoms with Crippen molar-refractivity contribution in [3.63, 3.8) is 0 Å². The predicted molar refractivity (Wildman–Crippen MR) is 81.1 cm³/mol. The molecule has 21 heavy (non-hydrogen) atoms. The van der Waals surface area contributed by atoms with Gasteiger partial charge in [-0.2, -0.15) is 0 Å². The number of aromatic carboxylic acids is 1. The summed E-state index contributed by atoms with van der Waals surface area (Å²) >= 11 is 0. The summed E-state index contributed by atoms with van der Waals surface area (Å²) < 4.78 is 10.5. The third-order valence-electron chi connectivity index (χ3n) is 3.00. The fourth-order valence-electron chi connectivity index (χ4n) is 1.69. The first-order valence-electron chi connectivity index (χ1n) is 6.98. The Balaban J connectivity index is 2.07. The van der Waals surface area contributed by atoms with Crippen LogP contribution in [0.2, 0.25) is 0 Å². The molecule has 0 aromatic heterocycles. The number of carboxylic acid groups (broad SMARTS) is 1. The number of methoxy groups -OCH3 is 1. The van der Waals surface area contributed by atoms with Crippen LogP contribution in [0.1, 0.15) is 10.4 Å². The van der Waals surface area contributed by atoms with E-state index in [1.165, 1.54) is 12.1 Å². The molecule has 0 aliphatic carbocycles. The van der Waals surface area contributed by atoms with E-state index in [4.69, 9.17) is 14.6 Å². The molecule has 0 saturated heterocycles. The molecule has 6 nitrogen and oxygen atoms in total. The molecule has 0 saturated carbocycles. The number of hydrogen-bond donors (Lipinski definition) is 2. The molecule has 0 unspecified atom stereocenters. The van der Waals surface area contributed by atoms with Gasteiger partial charge in [0.1, 0.15) is 12.4 Å². The zero-order valence-electron chi connectivity index (χ0n) is 12.7. The Morgan fingerprint density at radius 2 is 1.90 bits per heavy atom. The Kier molecular flexibility index (Phi) is 8.42. The second-order valence-corrected chi connectivity index (χ2v) is 4.72. The molecule has 1 rings (SSSR count). The van der Waals surface area contributed by atoms with Crippen molar-refractivity contribution in [2.24, 2.45) is 0 Å². The molecule has 2 N–H and O–H groups in total. The van der Waals surface area contributed by atoms with Gasteiger partial charge in [0.05, 0.1) is 12.2 Å². The first kappa shape index (κ1) is 17.4. The molecule has 1 aromatic carbocycles. The number of carbonyl (C=O) groups is 1. The van der Waals surface area contributed by atoms with E-state index in [1.54, 1.807) is 19.2 Å². The molecule has 0 fully saturated rings. The smallest absolute Gasteiger partial charge is 0.335 e. The summed E-state index contributed by atoms with van der Waals surface area (Å²) in [6.45, 7) is 4.81. The molecule has 0 amide bonds. The number of nitrogens with zero attached hydrogens (tertiary/aromatic N) is 1. The molecule has 1 aromatic rings. The summed E-state index contributed by atoms with van der Waals surface area (Å²) in [4.78, 5) is 12.9. The van der Waals surface area contributed by atoms with Crippen molar-refractivity contribution >= 4 is 5.97 Å². The van der Waals surface area contributed by atoms with Crippen molar-refractivity contribution in [2.45, 2.75) is 0 Å². The highest BCUT2D eigenvalue weighted by Crippen LogP contribution is 2.11. The average molecular weight is 296 g/mol. The summed E-state index contributed by atoms with van der Waals surface area (Å²) in [5.74, 6) is -0.250. The lowest BCUT2D eigenvalue weighted by Gasteiger charge is -2.16. The Morgan fingerprint density at radius 1 is 1.19 bits per heavy atom. The minimum Gasteiger partial charge on any atom is -0.492 e. The van der Waals surface area contributed by atoms with Crippen LogP contribution in [0.3, 0.4) is 0 Å². The molecule has 0 atom stereocenters. The van der Waals surface area contributed by atoms with Gasteiger partial charge in [0, 0.05) is 33.3 Å². The number of benzene rings is 1. The maximum absolute atomic E-state index is 10.7. The van der Waals surface area contributed by atoms with Crippen LogP contribution >= 0.6 is 0 Å². The maximum atomic E-state index is 10.7. The van der Waals surface area contributed by atoms with Gasteiger partial charge in [-0.05, 0) is 31.3 Å². The first-order valence-corrected chi connectivity index (χ1v) is 6.98. The Labute approximate surface area is 125 Å². The van der Waals surface area contributed by atoms with Crippen LogP contribution in [0.15, 0.2) is 24.3 Å². The van der Waals surface area contributed by atoms with Crippen LogP contribution in [0.4, 0.5) is 0 Å². The lowest BCUT2D eigenvalue weighted by Crippen LogP contribution is -2.33. The van der Waals surface area contributed by atoms with E-state index in [0.29, 0.717) is 12.4 Å². The molecule has 0 aliphatic rings. The maximum Gasteiger partial charge on any atom is 0.335 e. The highest BCUT2D eigenvalue weighted by atomic mass is 16.5. The summed E-state index contributed by atoms with van der Waals surface area (Å²) in [7, 11) is 3.76. The van der Waals surface area contributed by atoms with Crippen molar-refractivity contribution in [3.05, 3.63) is 29.8 Å². The van der Waals surface area contributed by atoms with Gasteiger partial charge in [-0.1, -0.05) is 0 Å². The van der Waals surface area contributed by atoms with Crippen LogP contribution in [-0.2, 0) is 4.74 Å². The topological polar surface area (TPSA) is 71.0 Å². The van der Waals surface area contributed by atoms with Crippen molar-refractivity contribution in [1.82, 2.24) is 10.2 Å². The van der Waals surface area contributed by atoms with Crippen LogP contribution in [-0.4, -0.2) is 69.5 Å². The predicted octanol–water partition coefficient (Wildman–Crippen LogP) is 0.931. The summed E-state index contributed by atoms with van der Waals surface area (Å²) in [5, 5.41) is 12.1. The van der Waals surface area contributed by atoms with Gasteiger partial charge in [-0.25, -0.2) is 4.79 Å². The van der Waals surface area contributed by atoms with Crippen molar-refractivity contribution in [1.29, 1.82) is 0 Å². The normalized spacial score (nSPS) is 10.8. The minimum absolute atomic E-state index is 0.263. The molecule has 118 valence electrons. The van der Waals surface area contributed by atoms with Gasteiger partial charge >= 0.3 is 5.97 Å². The number of hydrogen-bond acceptors (Lipinski definition) is 5. The highest BCUT2D eigenvalue weighted by molar-refractivity contribution is 5.87. The van der Waals surface area contributed by atoms with E-state index >= 15 is 0 Å². The lowest BCUT2D eigenvalue weighted by atomic mass is 10.2. The van der Waals surface area contributed by atoms with Crippen molar-refractivity contribution < 1.29 is 19.4 Å². The Morgan fingerprint density at radius 3 is 2.52 bits per heavy atom. The molecule has 6 heteroatoms. The van der Waals surface area contributed by atoms with E-state index < -0.39 is 5.97 Å². The summed E-state index contributed by atoms with van der Waals surface area (Å²) in [6, 6.07) is 6.41. The highest BCUT2D eigenvalue weighted by Gasteiger charge is 2.02. The van der Waals surface area contributed by atoms with E-state index in [0.717, 1.165) is 32.8 Å². The largest absolute Gasteiger partial charge is 0.492 e. The summed E-state index contributed by atoms with van der Waals surface area (Å²) in [5.41, 5.74) is 0.263. The number of rotatable bonds is 11. The van der Waals surface area contributed by atoms with Gasteiger partial charge in [0.2, 0.25) is 0 Å². The second kappa shape index (κ2) is 10.1. The van der Waals surface area contributed by atoms with Crippen molar-refractivity contribution in [2.75, 3.05) is 53.6 Å². The van der Waals surface area contributed by atoms with Gasteiger partial charge in [-0.3, -0.25) is 0 Å². The first-order chi connectivity index (χ1) is 10.1. The van der Waals surface area contributed by atoms with Gasteiger partial charge in [-0.15, -0.1) is 0 Å². The molecule has 0 aliphatic heterocycles. The lowest BCUT2D eigenvalue weighted by molar-refractivity contribution is 0.0697. The standard InChI is InChI=1S/C15H24N2O4/c1-17(10-12-20-2)9-7-16-8-11-21-14-5-3-13(4-6-14)15(18)19/h3-6,16H,7-12H2,1-2H3,(H,18,19). The molecular weight excluding hydrogens is 272 g/mol. The fourth-order valence-corrected chi connectivity index (χ4v) is 1.69. The Bertz CT molecular complexity index is 409. The average Bonchev–Trinajstić information content (AvgIpc) is 2.49. The molecule has 0 spiro atoms. The third kappa shape index (κ3) is 7.65. The van der Waals surface area contributed by atoms with E-state index in [-0.39, 0.29) is 5.56 Å². The zero-order chi connectivity index (χ0) is 15.5. The number of nitrogens with one attached hydrogen (secondary N) is 1. The second-order valence-electron chi connectivity index (χ2n) is 4.72. The quantitative estimate of drug-likeness (QED) is 0.592. The van der Waals surface area contributed by atoms with Gasteiger partial charge in [0.25, 0.3) is 0 Å². The number of ether oxygens (including phenoxy) is 2. The summed E-state index contributed by atoms with van der Waals surface area (Å²) in [6.07, 6.45) is 0. The van der Waals surface area contributed by atoms with E-state index in [9.17, 15) is 4.79 Å². The van der Waals surface area contributed by atoms with Crippen LogP contribution in [0, 0.1) is 0 Å². The Hall–Kier alpha value is -1.63. The molecular formula is C15H24N2O4. The van der Waals surface area contributed by atoms with Gasteiger partial charge < -0.3 is 24.8 Å². The van der Waals surface area contributed by atoms with Crippen molar-refractivity contribution in [3.8, 4) is 5.75 Å². The molecule has 0 bridgehead atoms. The molecule has 0 radical (unpaired) electrons. The SMILES string of the molecule is COCCN(C)CCNCCOc1ccc(C(=O)O)cc1. The zero-order valence-corrected chi connectivity index (χ0v) is 12.7. The third-order valence-corrected chi connectivity index (χ3v) is 3.00. The number of likely N-dealkylation sites (N-methyl/N-ethyl adjacent to an activating group) is 1. The van der Waals surface area contributed by atoms with Crippen LogP contribution in [0.25, 0.3) is 0 Å².